The monoisotopic (exact) mass is 355 g/mol. The van der Waals surface area contributed by atoms with E-state index < -0.39 is 5.54 Å². The number of aliphatic hydroxyl groups excluding tert-OH is 1. The lowest BCUT2D eigenvalue weighted by atomic mass is 10.1. The van der Waals surface area contributed by atoms with Crippen LogP contribution in [-0.2, 0) is 6.42 Å². The van der Waals surface area contributed by atoms with Crippen molar-refractivity contribution in [3.63, 3.8) is 0 Å². The molecule has 2 aliphatic rings. The smallest absolute Gasteiger partial charge is 0.272 e. The van der Waals surface area contributed by atoms with Crippen molar-refractivity contribution in [2.24, 2.45) is 5.92 Å². The van der Waals surface area contributed by atoms with Gasteiger partial charge in [-0.05, 0) is 44.7 Å². The summed E-state index contributed by atoms with van der Waals surface area (Å²) in [6, 6.07) is 3.95. The topological polar surface area (TPSA) is 83.3 Å². The second-order valence-corrected chi connectivity index (χ2v) is 8.20. The number of fused-ring (bicyclic) bond motifs is 3. The van der Waals surface area contributed by atoms with Crippen molar-refractivity contribution in [2.45, 2.75) is 38.1 Å². The summed E-state index contributed by atoms with van der Waals surface area (Å²) in [6.45, 7) is 3.46. The second-order valence-electron chi connectivity index (χ2n) is 8.20. The number of anilines is 1. The van der Waals surface area contributed by atoms with Crippen molar-refractivity contribution >= 4 is 11.6 Å². The van der Waals surface area contributed by atoms with E-state index in [-0.39, 0.29) is 12.5 Å². The SMILES string of the molecule is CN(C)c1ccc(-n2nc(C(=O)NC(C)(C)CO)c3c2[C@@H]2C[C@@H]2C3)nc1. The number of carbonyl (C=O) groups excluding carboxylic acids is 1. The Morgan fingerprint density at radius 3 is 2.81 bits per heavy atom. The molecule has 2 N–H and O–H groups in total. The summed E-state index contributed by atoms with van der Waals surface area (Å²) in [5.41, 5.74) is 2.97. The molecule has 1 amide bonds. The van der Waals surface area contributed by atoms with Crippen LogP contribution in [-0.4, -0.2) is 52.0 Å². The van der Waals surface area contributed by atoms with Gasteiger partial charge in [0, 0.05) is 25.6 Å². The molecule has 1 saturated carbocycles. The maximum atomic E-state index is 12.8. The molecular formula is C19H25N5O2. The van der Waals surface area contributed by atoms with Crippen LogP contribution in [0.2, 0.25) is 0 Å². The van der Waals surface area contributed by atoms with Crippen molar-refractivity contribution in [3.8, 4) is 5.82 Å². The van der Waals surface area contributed by atoms with E-state index in [2.05, 4.69) is 15.4 Å². The lowest BCUT2D eigenvalue weighted by Gasteiger charge is -2.23. The van der Waals surface area contributed by atoms with Crippen LogP contribution in [0.25, 0.3) is 5.82 Å². The van der Waals surface area contributed by atoms with Crippen molar-refractivity contribution in [1.29, 1.82) is 0 Å². The highest BCUT2D eigenvalue weighted by atomic mass is 16.3. The molecule has 7 nitrogen and oxygen atoms in total. The average Bonchev–Trinajstić information content (AvgIpc) is 3.10. The van der Waals surface area contributed by atoms with Gasteiger partial charge in [-0.1, -0.05) is 0 Å². The lowest BCUT2D eigenvalue weighted by molar-refractivity contribution is 0.0863. The quantitative estimate of drug-likeness (QED) is 0.849. The van der Waals surface area contributed by atoms with Crippen molar-refractivity contribution < 1.29 is 9.90 Å². The van der Waals surface area contributed by atoms with E-state index >= 15 is 0 Å². The van der Waals surface area contributed by atoms with Crippen LogP contribution in [0.15, 0.2) is 18.3 Å². The van der Waals surface area contributed by atoms with Gasteiger partial charge >= 0.3 is 0 Å². The molecule has 2 aromatic heterocycles. The first kappa shape index (κ1) is 17.0. The first-order valence-electron chi connectivity index (χ1n) is 8.99. The van der Waals surface area contributed by atoms with E-state index in [0.717, 1.165) is 35.6 Å². The summed E-state index contributed by atoms with van der Waals surface area (Å²) in [6.07, 6.45) is 3.88. The minimum atomic E-state index is -0.680. The Hall–Kier alpha value is -2.41. The normalized spacial score (nSPS) is 20.5. The summed E-state index contributed by atoms with van der Waals surface area (Å²) in [4.78, 5) is 19.3. The molecule has 1 fully saturated rings. The van der Waals surface area contributed by atoms with Crippen molar-refractivity contribution in [3.05, 3.63) is 35.3 Å². The van der Waals surface area contributed by atoms with E-state index in [4.69, 9.17) is 0 Å². The number of pyridine rings is 1. The lowest BCUT2D eigenvalue weighted by Crippen LogP contribution is -2.46. The average molecular weight is 355 g/mol. The summed E-state index contributed by atoms with van der Waals surface area (Å²) < 4.78 is 1.84. The number of carbonyl (C=O) groups is 1. The molecule has 2 atom stereocenters. The fraction of sp³-hybridized carbons (Fsp3) is 0.526. The third-order valence-electron chi connectivity index (χ3n) is 5.29. The molecule has 0 radical (unpaired) electrons. The molecule has 2 heterocycles. The van der Waals surface area contributed by atoms with Gasteiger partial charge in [-0.3, -0.25) is 4.79 Å². The fourth-order valence-electron chi connectivity index (χ4n) is 3.65. The Balaban J connectivity index is 1.72. The van der Waals surface area contributed by atoms with Crippen molar-refractivity contribution in [1.82, 2.24) is 20.1 Å². The van der Waals surface area contributed by atoms with Gasteiger partial charge in [0.2, 0.25) is 0 Å². The fourth-order valence-corrected chi connectivity index (χ4v) is 3.65. The van der Waals surface area contributed by atoms with Gasteiger partial charge in [0.15, 0.2) is 11.5 Å². The minimum absolute atomic E-state index is 0.125. The third-order valence-corrected chi connectivity index (χ3v) is 5.29. The maximum Gasteiger partial charge on any atom is 0.272 e. The van der Waals surface area contributed by atoms with E-state index in [0.29, 0.717) is 17.5 Å². The van der Waals surface area contributed by atoms with E-state index in [1.54, 1.807) is 13.8 Å². The molecule has 2 aliphatic carbocycles. The van der Waals surface area contributed by atoms with Crippen LogP contribution in [0.5, 0.6) is 0 Å². The van der Waals surface area contributed by atoms with Gasteiger partial charge in [-0.2, -0.15) is 5.10 Å². The molecule has 0 unspecified atom stereocenters. The van der Waals surface area contributed by atoms with E-state index in [1.807, 2.05) is 42.0 Å². The Morgan fingerprint density at radius 2 is 2.19 bits per heavy atom. The number of aliphatic hydroxyl groups is 1. The second kappa shape index (κ2) is 5.81. The van der Waals surface area contributed by atoms with Gasteiger partial charge in [-0.15, -0.1) is 0 Å². The highest BCUT2D eigenvalue weighted by Crippen LogP contribution is 2.57. The van der Waals surface area contributed by atoms with Crippen LogP contribution >= 0.6 is 0 Å². The molecule has 4 rings (SSSR count). The van der Waals surface area contributed by atoms with Crippen LogP contribution in [0, 0.1) is 5.92 Å². The third kappa shape index (κ3) is 2.76. The molecular weight excluding hydrogens is 330 g/mol. The molecule has 7 heteroatoms. The highest BCUT2D eigenvalue weighted by Gasteiger charge is 2.50. The largest absolute Gasteiger partial charge is 0.394 e. The van der Waals surface area contributed by atoms with Gasteiger partial charge in [0.25, 0.3) is 5.91 Å². The minimum Gasteiger partial charge on any atom is -0.394 e. The zero-order valence-electron chi connectivity index (χ0n) is 15.7. The molecule has 0 aromatic carbocycles. The summed E-state index contributed by atoms with van der Waals surface area (Å²) in [5.74, 6) is 1.62. The first-order valence-corrected chi connectivity index (χ1v) is 8.99. The molecule has 2 aromatic rings. The van der Waals surface area contributed by atoms with Gasteiger partial charge in [0.1, 0.15) is 0 Å². The van der Waals surface area contributed by atoms with Gasteiger partial charge < -0.3 is 15.3 Å². The number of amides is 1. The zero-order chi connectivity index (χ0) is 18.6. The van der Waals surface area contributed by atoms with Crippen LogP contribution in [0.3, 0.4) is 0 Å². The highest BCUT2D eigenvalue weighted by molar-refractivity contribution is 5.95. The Labute approximate surface area is 153 Å². The number of nitrogens with zero attached hydrogens (tertiary/aromatic N) is 4. The first-order chi connectivity index (χ1) is 12.3. The summed E-state index contributed by atoms with van der Waals surface area (Å²) >= 11 is 0. The molecule has 0 bridgehead atoms. The van der Waals surface area contributed by atoms with Crippen LogP contribution < -0.4 is 10.2 Å². The van der Waals surface area contributed by atoms with Crippen molar-refractivity contribution in [2.75, 3.05) is 25.6 Å². The standard InChI is InChI=1S/C19H25N5O2/c1-19(2,10-25)21-18(26)16-14-8-11-7-13(11)17(14)24(22-16)15-6-5-12(9-20-15)23(3)4/h5-6,9,11,13,25H,7-8,10H2,1-4H3,(H,21,26)/t11-,13-/m1/s1. The summed E-state index contributed by atoms with van der Waals surface area (Å²) in [7, 11) is 3.95. The number of nitrogens with one attached hydrogen (secondary N) is 1. The predicted molar refractivity (Wildman–Crippen MR) is 98.9 cm³/mol. The van der Waals surface area contributed by atoms with Crippen LogP contribution in [0.4, 0.5) is 5.69 Å². The Bertz CT molecular complexity index is 854. The number of hydrogen-bond donors (Lipinski definition) is 2. The molecule has 0 spiro atoms. The van der Waals surface area contributed by atoms with E-state index in [9.17, 15) is 9.90 Å². The van der Waals surface area contributed by atoms with E-state index in [1.165, 1.54) is 0 Å². The molecule has 0 aliphatic heterocycles. The molecule has 0 saturated heterocycles. The molecule has 26 heavy (non-hydrogen) atoms. The van der Waals surface area contributed by atoms with Crippen LogP contribution in [0.1, 0.15) is 47.9 Å². The Morgan fingerprint density at radius 1 is 1.42 bits per heavy atom. The Kier molecular flexibility index (Phi) is 3.80. The maximum absolute atomic E-state index is 12.8. The number of rotatable bonds is 5. The summed E-state index contributed by atoms with van der Waals surface area (Å²) in [5, 5.41) is 16.9. The predicted octanol–water partition coefficient (Wildman–Crippen LogP) is 1.49. The molecule has 138 valence electrons. The number of hydrogen-bond acceptors (Lipinski definition) is 5. The van der Waals surface area contributed by atoms with Gasteiger partial charge in [0.05, 0.1) is 29.7 Å². The van der Waals surface area contributed by atoms with Gasteiger partial charge in [-0.25, -0.2) is 9.67 Å². The zero-order valence-corrected chi connectivity index (χ0v) is 15.7. The number of aromatic nitrogens is 3.